The fourth-order valence-corrected chi connectivity index (χ4v) is 1.93. The second-order valence-electron chi connectivity index (χ2n) is 5.47. The number of fused-ring (bicyclic) bond motifs is 1. The number of hydrogen-bond acceptors (Lipinski definition) is 3. The lowest BCUT2D eigenvalue weighted by Crippen LogP contribution is -2.32. The van der Waals surface area contributed by atoms with E-state index in [1.54, 1.807) is 0 Å². The van der Waals surface area contributed by atoms with Gasteiger partial charge in [-0.15, -0.1) is 0 Å². The number of benzene rings is 1. The molecule has 0 unspecified atom stereocenters. The normalized spacial score (nSPS) is 13.9. The average Bonchev–Trinajstić information content (AvgIpc) is 2.50. The number of ether oxygens (including phenoxy) is 1. The van der Waals surface area contributed by atoms with Crippen molar-refractivity contribution < 1.29 is 9.53 Å². The Balaban J connectivity index is 2.16. The number of rotatable bonds is 2. The van der Waals surface area contributed by atoms with E-state index in [4.69, 9.17) is 4.74 Å². The molecule has 0 aliphatic carbocycles. The fraction of sp³-hybridized carbons (Fsp3) is 0.312. The first-order valence-electron chi connectivity index (χ1n) is 6.38. The van der Waals surface area contributed by atoms with Crippen LogP contribution in [0.3, 0.4) is 0 Å². The number of para-hydroxylation sites is 1. The van der Waals surface area contributed by atoms with Gasteiger partial charge in [0.25, 0.3) is 0 Å². The standard InChI is InChI=1S/C16H19NO2/c1-16(2,3)19-15(18)12-17-11-7-6-9-13-8-4-5-10-14(13)17/h4-11H,12H2,1-3H3. The molecule has 1 aromatic rings. The van der Waals surface area contributed by atoms with E-state index in [-0.39, 0.29) is 12.5 Å². The average molecular weight is 257 g/mol. The lowest BCUT2D eigenvalue weighted by molar-refractivity contribution is -0.152. The summed E-state index contributed by atoms with van der Waals surface area (Å²) >= 11 is 0. The molecule has 0 spiro atoms. The zero-order chi connectivity index (χ0) is 13.9. The highest BCUT2D eigenvalue weighted by molar-refractivity contribution is 5.80. The van der Waals surface area contributed by atoms with Crippen LogP contribution in [0.5, 0.6) is 0 Å². The van der Waals surface area contributed by atoms with Crippen LogP contribution in [0.15, 0.2) is 42.6 Å². The molecule has 0 N–H and O–H groups in total. The van der Waals surface area contributed by atoms with Crippen molar-refractivity contribution in [2.24, 2.45) is 0 Å². The molecule has 0 atom stereocenters. The van der Waals surface area contributed by atoms with Crippen molar-refractivity contribution in [1.82, 2.24) is 0 Å². The zero-order valence-corrected chi connectivity index (χ0v) is 11.6. The number of nitrogens with zero attached hydrogens (tertiary/aromatic N) is 1. The summed E-state index contributed by atoms with van der Waals surface area (Å²) in [4.78, 5) is 13.8. The van der Waals surface area contributed by atoms with E-state index in [2.05, 4.69) is 0 Å². The van der Waals surface area contributed by atoms with Gasteiger partial charge in [0.2, 0.25) is 0 Å². The van der Waals surface area contributed by atoms with E-state index in [0.717, 1.165) is 11.3 Å². The van der Waals surface area contributed by atoms with Gasteiger partial charge in [-0.2, -0.15) is 0 Å². The molecule has 1 heterocycles. The highest BCUT2D eigenvalue weighted by atomic mass is 16.6. The number of carbonyl (C=O) groups is 1. The van der Waals surface area contributed by atoms with Crippen molar-refractivity contribution in [3.05, 3.63) is 48.2 Å². The number of hydrogen-bond donors (Lipinski definition) is 0. The van der Waals surface area contributed by atoms with Gasteiger partial charge in [0.1, 0.15) is 12.1 Å². The Bertz CT molecular complexity index is 524. The van der Waals surface area contributed by atoms with E-state index >= 15 is 0 Å². The summed E-state index contributed by atoms with van der Waals surface area (Å²) in [6.07, 6.45) is 7.81. The van der Waals surface area contributed by atoms with Gasteiger partial charge in [-0.3, -0.25) is 4.79 Å². The predicted molar refractivity (Wildman–Crippen MR) is 77.8 cm³/mol. The molecule has 2 rings (SSSR count). The number of allylic oxidation sites excluding steroid dienone is 2. The maximum Gasteiger partial charge on any atom is 0.326 e. The maximum absolute atomic E-state index is 11.9. The van der Waals surface area contributed by atoms with Crippen molar-refractivity contribution in [2.75, 3.05) is 11.4 Å². The highest BCUT2D eigenvalue weighted by Gasteiger charge is 2.19. The van der Waals surface area contributed by atoms with Crippen LogP contribution in [0, 0.1) is 0 Å². The van der Waals surface area contributed by atoms with Crippen LogP contribution in [0.4, 0.5) is 5.69 Å². The van der Waals surface area contributed by atoms with E-state index in [1.165, 1.54) is 0 Å². The molecule has 3 nitrogen and oxygen atoms in total. The summed E-state index contributed by atoms with van der Waals surface area (Å²) in [7, 11) is 0. The van der Waals surface area contributed by atoms with Gasteiger partial charge < -0.3 is 9.64 Å². The van der Waals surface area contributed by atoms with Gasteiger partial charge in [-0.05, 0) is 38.5 Å². The molecule has 0 radical (unpaired) electrons. The van der Waals surface area contributed by atoms with Crippen molar-refractivity contribution >= 4 is 17.7 Å². The Hall–Kier alpha value is -2.03. The van der Waals surface area contributed by atoms with E-state index in [1.807, 2.05) is 74.4 Å². The molecule has 0 saturated carbocycles. The highest BCUT2D eigenvalue weighted by Crippen LogP contribution is 2.24. The first kappa shape index (κ1) is 13.4. The molecule has 0 aromatic heterocycles. The molecule has 100 valence electrons. The summed E-state index contributed by atoms with van der Waals surface area (Å²) < 4.78 is 5.36. The van der Waals surface area contributed by atoms with Gasteiger partial charge in [0, 0.05) is 11.9 Å². The molecular weight excluding hydrogens is 238 g/mol. The summed E-state index contributed by atoms with van der Waals surface area (Å²) in [5.41, 5.74) is 1.65. The molecule has 0 fully saturated rings. The third-order valence-electron chi connectivity index (χ3n) is 2.62. The van der Waals surface area contributed by atoms with Crippen LogP contribution in [0.2, 0.25) is 0 Å². The largest absolute Gasteiger partial charge is 0.459 e. The minimum atomic E-state index is -0.454. The molecule has 0 saturated heterocycles. The van der Waals surface area contributed by atoms with Crippen LogP contribution in [-0.4, -0.2) is 18.1 Å². The summed E-state index contributed by atoms with van der Waals surface area (Å²) in [6, 6.07) is 7.98. The SMILES string of the molecule is CC(C)(C)OC(=O)CN1C=CC=Cc2ccccc21. The Kier molecular flexibility index (Phi) is 3.74. The van der Waals surface area contributed by atoms with E-state index < -0.39 is 5.60 Å². The van der Waals surface area contributed by atoms with Gasteiger partial charge in [0.15, 0.2) is 0 Å². The van der Waals surface area contributed by atoms with Gasteiger partial charge >= 0.3 is 5.97 Å². The van der Waals surface area contributed by atoms with Crippen molar-refractivity contribution in [3.8, 4) is 0 Å². The van der Waals surface area contributed by atoms with Crippen LogP contribution in [0.25, 0.3) is 6.08 Å². The Morgan fingerprint density at radius 2 is 1.95 bits per heavy atom. The van der Waals surface area contributed by atoms with Crippen molar-refractivity contribution in [1.29, 1.82) is 0 Å². The van der Waals surface area contributed by atoms with Crippen molar-refractivity contribution in [3.63, 3.8) is 0 Å². The fourth-order valence-electron chi connectivity index (χ4n) is 1.93. The third kappa shape index (κ3) is 3.71. The van der Waals surface area contributed by atoms with E-state index in [0.29, 0.717) is 0 Å². The van der Waals surface area contributed by atoms with Crippen LogP contribution in [0.1, 0.15) is 26.3 Å². The second-order valence-corrected chi connectivity index (χ2v) is 5.47. The Labute approximate surface area is 114 Å². The number of esters is 1. The minimum Gasteiger partial charge on any atom is -0.459 e. The smallest absolute Gasteiger partial charge is 0.326 e. The molecular formula is C16H19NO2. The summed E-state index contributed by atoms with van der Waals surface area (Å²) in [5.74, 6) is -0.228. The van der Waals surface area contributed by atoms with Crippen molar-refractivity contribution in [2.45, 2.75) is 26.4 Å². The minimum absolute atomic E-state index is 0.215. The number of anilines is 1. The van der Waals surface area contributed by atoms with Gasteiger partial charge in [-0.25, -0.2) is 0 Å². The monoisotopic (exact) mass is 257 g/mol. The van der Waals surface area contributed by atoms with Gasteiger partial charge in [0.05, 0.1) is 0 Å². The summed E-state index contributed by atoms with van der Waals surface area (Å²) in [6.45, 7) is 5.84. The Morgan fingerprint density at radius 1 is 1.21 bits per heavy atom. The lowest BCUT2D eigenvalue weighted by atomic mass is 10.1. The first-order chi connectivity index (χ1) is 8.96. The quantitative estimate of drug-likeness (QED) is 0.761. The molecule has 1 aliphatic heterocycles. The molecule has 0 bridgehead atoms. The topological polar surface area (TPSA) is 29.5 Å². The molecule has 19 heavy (non-hydrogen) atoms. The second kappa shape index (κ2) is 5.31. The summed E-state index contributed by atoms with van der Waals surface area (Å²) in [5, 5.41) is 0. The van der Waals surface area contributed by atoms with Crippen LogP contribution in [-0.2, 0) is 9.53 Å². The van der Waals surface area contributed by atoms with E-state index in [9.17, 15) is 4.79 Å². The molecule has 1 aliphatic rings. The maximum atomic E-state index is 11.9. The molecule has 1 aromatic carbocycles. The van der Waals surface area contributed by atoms with Gasteiger partial charge in [-0.1, -0.05) is 30.4 Å². The van der Waals surface area contributed by atoms with Crippen LogP contribution >= 0.6 is 0 Å². The predicted octanol–water partition coefficient (Wildman–Crippen LogP) is 3.38. The zero-order valence-electron chi connectivity index (χ0n) is 11.6. The number of carbonyl (C=O) groups excluding carboxylic acids is 1. The third-order valence-corrected chi connectivity index (χ3v) is 2.62. The van der Waals surface area contributed by atoms with Crippen LogP contribution < -0.4 is 4.90 Å². The Morgan fingerprint density at radius 3 is 2.68 bits per heavy atom. The first-order valence-corrected chi connectivity index (χ1v) is 6.38. The molecule has 0 amide bonds. The lowest BCUT2D eigenvalue weighted by Gasteiger charge is -2.24. The molecule has 3 heteroatoms.